The average Bonchev–Trinajstić information content (AvgIpc) is 3.14. The molecule has 3 aromatic rings. The van der Waals surface area contributed by atoms with E-state index in [1.54, 1.807) is 11.3 Å². The minimum atomic E-state index is 0.101. The van der Waals surface area contributed by atoms with Crippen molar-refractivity contribution in [2.24, 2.45) is 0 Å². The van der Waals surface area contributed by atoms with E-state index in [2.05, 4.69) is 42.3 Å². The van der Waals surface area contributed by atoms with Gasteiger partial charge in [-0.1, -0.05) is 32.0 Å². The Morgan fingerprint density at radius 1 is 1.14 bits per heavy atom. The summed E-state index contributed by atoms with van der Waals surface area (Å²) >= 11 is 1.58. The summed E-state index contributed by atoms with van der Waals surface area (Å²) < 4.78 is 1.86. The van der Waals surface area contributed by atoms with E-state index < -0.39 is 0 Å². The average molecular weight is 396 g/mol. The lowest BCUT2D eigenvalue weighted by Crippen LogP contribution is -2.32. The Morgan fingerprint density at radius 3 is 2.64 bits per heavy atom. The van der Waals surface area contributed by atoms with E-state index in [-0.39, 0.29) is 5.56 Å². The molecule has 0 fully saturated rings. The van der Waals surface area contributed by atoms with Gasteiger partial charge in [0.1, 0.15) is 10.7 Å². The quantitative estimate of drug-likeness (QED) is 0.609. The molecule has 1 aliphatic rings. The maximum Gasteiger partial charge on any atom is 0.262 e. The Bertz CT molecular complexity index is 1050. The third kappa shape index (κ3) is 3.53. The Hall–Kier alpha value is -1.98. The van der Waals surface area contributed by atoms with Crippen LogP contribution in [-0.4, -0.2) is 34.1 Å². The van der Waals surface area contributed by atoms with E-state index in [1.165, 1.54) is 30.4 Å². The molecule has 0 aliphatic heterocycles. The maximum absolute atomic E-state index is 13.4. The molecular weight excluding hydrogens is 366 g/mol. The zero-order valence-corrected chi connectivity index (χ0v) is 17.9. The van der Waals surface area contributed by atoms with Gasteiger partial charge in [-0.25, -0.2) is 4.98 Å². The van der Waals surface area contributed by atoms with Crippen molar-refractivity contribution in [3.8, 4) is 11.1 Å². The molecule has 0 radical (unpaired) electrons. The normalized spacial score (nSPS) is 14.0. The summed E-state index contributed by atoms with van der Waals surface area (Å²) in [6.07, 6.45) is 4.88. The van der Waals surface area contributed by atoms with Gasteiger partial charge in [0.15, 0.2) is 0 Å². The van der Waals surface area contributed by atoms with Gasteiger partial charge in [0.2, 0.25) is 0 Å². The summed E-state index contributed by atoms with van der Waals surface area (Å²) in [5.41, 5.74) is 5.22. The van der Waals surface area contributed by atoms with Crippen LogP contribution >= 0.6 is 11.3 Å². The van der Waals surface area contributed by atoms with Crippen LogP contribution in [-0.2, 0) is 19.4 Å². The SMILES string of the molecule is CCN(CC)CCn1c(C)nc2scc(-c3ccc4c(c3)CCCC4)c2c1=O. The molecule has 0 spiro atoms. The zero-order chi connectivity index (χ0) is 19.7. The van der Waals surface area contributed by atoms with Crippen molar-refractivity contribution in [1.82, 2.24) is 14.5 Å². The second-order valence-electron chi connectivity index (χ2n) is 7.66. The van der Waals surface area contributed by atoms with Gasteiger partial charge in [-0.15, -0.1) is 11.3 Å². The van der Waals surface area contributed by atoms with Gasteiger partial charge >= 0.3 is 0 Å². The molecule has 1 aliphatic carbocycles. The summed E-state index contributed by atoms with van der Waals surface area (Å²) in [5.74, 6) is 0.809. The molecule has 0 saturated carbocycles. The zero-order valence-electron chi connectivity index (χ0n) is 17.1. The first-order valence-electron chi connectivity index (χ1n) is 10.5. The lowest BCUT2D eigenvalue weighted by Gasteiger charge is -2.19. The Kier molecular flexibility index (Phi) is 5.65. The highest BCUT2D eigenvalue weighted by Gasteiger charge is 2.17. The molecule has 0 amide bonds. The fourth-order valence-corrected chi connectivity index (χ4v) is 5.27. The summed E-state index contributed by atoms with van der Waals surface area (Å²) in [4.78, 5) is 21.4. The van der Waals surface area contributed by atoms with Crippen molar-refractivity contribution in [2.75, 3.05) is 19.6 Å². The van der Waals surface area contributed by atoms with Crippen molar-refractivity contribution in [2.45, 2.75) is 53.0 Å². The number of rotatable bonds is 6. The molecule has 1 aromatic carbocycles. The van der Waals surface area contributed by atoms with Gasteiger partial charge < -0.3 is 4.90 Å². The summed E-state index contributed by atoms with van der Waals surface area (Å²) in [7, 11) is 0. The molecule has 4 rings (SSSR count). The second kappa shape index (κ2) is 8.18. The van der Waals surface area contributed by atoms with Crippen molar-refractivity contribution in [3.63, 3.8) is 0 Å². The number of hydrogen-bond donors (Lipinski definition) is 0. The number of aryl methyl sites for hydroxylation is 3. The number of fused-ring (bicyclic) bond motifs is 2. The van der Waals surface area contributed by atoms with E-state index >= 15 is 0 Å². The van der Waals surface area contributed by atoms with Crippen molar-refractivity contribution in [3.05, 3.63) is 50.9 Å². The van der Waals surface area contributed by atoms with Crippen LogP contribution in [0.25, 0.3) is 21.3 Å². The third-order valence-corrected chi connectivity index (χ3v) is 6.95. The largest absolute Gasteiger partial charge is 0.302 e. The standard InChI is InChI=1S/C23H29N3OS/c1-4-25(5-2)12-13-26-16(3)24-22-21(23(26)27)20(15-28-22)19-11-10-17-8-6-7-9-18(17)14-19/h10-11,14-15H,4-9,12-13H2,1-3H3. The summed E-state index contributed by atoms with van der Waals surface area (Å²) in [5, 5.41) is 2.89. The first-order valence-corrected chi connectivity index (χ1v) is 11.3. The molecular formula is C23H29N3OS. The van der Waals surface area contributed by atoms with E-state index in [4.69, 9.17) is 4.98 Å². The van der Waals surface area contributed by atoms with Crippen molar-refractivity contribution < 1.29 is 0 Å². The maximum atomic E-state index is 13.4. The molecule has 2 aromatic heterocycles. The molecule has 0 bridgehead atoms. The number of nitrogens with zero attached hydrogens (tertiary/aromatic N) is 3. The van der Waals surface area contributed by atoms with Gasteiger partial charge in [-0.2, -0.15) is 0 Å². The van der Waals surface area contributed by atoms with E-state index in [1.807, 2.05) is 11.5 Å². The van der Waals surface area contributed by atoms with Crippen LogP contribution in [0, 0.1) is 6.92 Å². The first kappa shape index (κ1) is 19.3. The summed E-state index contributed by atoms with van der Waals surface area (Å²) in [6, 6.07) is 6.74. The highest BCUT2D eigenvalue weighted by atomic mass is 32.1. The van der Waals surface area contributed by atoms with Crippen molar-refractivity contribution >= 4 is 21.6 Å². The lowest BCUT2D eigenvalue weighted by atomic mass is 9.89. The first-order chi connectivity index (χ1) is 13.6. The third-order valence-electron chi connectivity index (χ3n) is 6.08. The van der Waals surface area contributed by atoms with Crippen LogP contribution < -0.4 is 5.56 Å². The molecule has 0 unspecified atom stereocenters. The predicted octanol–water partition coefficient (Wildman–Crippen LogP) is 4.65. The van der Waals surface area contributed by atoms with Gasteiger partial charge in [-0.3, -0.25) is 9.36 Å². The highest BCUT2D eigenvalue weighted by molar-refractivity contribution is 7.17. The Morgan fingerprint density at radius 2 is 1.89 bits per heavy atom. The smallest absolute Gasteiger partial charge is 0.262 e. The van der Waals surface area contributed by atoms with Gasteiger partial charge in [-0.05, 0) is 62.4 Å². The van der Waals surface area contributed by atoms with Gasteiger partial charge in [0.25, 0.3) is 5.56 Å². The van der Waals surface area contributed by atoms with Crippen LogP contribution in [0.1, 0.15) is 43.6 Å². The molecule has 0 atom stereocenters. The molecule has 5 heteroatoms. The van der Waals surface area contributed by atoms with Crippen LogP contribution in [0.3, 0.4) is 0 Å². The molecule has 0 saturated heterocycles. The van der Waals surface area contributed by atoms with E-state index in [9.17, 15) is 4.79 Å². The minimum Gasteiger partial charge on any atom is -0.302 e. The molecule has 4 nitrogen and oxygen atoms in total. The molecule has 28 heavy (non-hydrogen) atoms. The monoisotopic (exact) mass is 395 g/mol. The lowest BCUT2D eigenvalue weighted by molar-refractivity contribution is 0.288. The number of benzene rings is 1. The van der Waals surface area contributed by atoms with E-state index in [0.717, 1.165) is 53.2 Å². The highest BCUT2D eigenvalue weighted by Crippen LogP contribution is 2.33. The molecule has 148 valence electrons. The van der Waals surface area contributed by atoms with Gasteiger partial charge in [0, 0.05) is 24.0 Å². The Labute approximate surface area is 170 Å². The number of likely N-dealkylation sites (N-methyl/N-ethyl adjacent to an activating group) is 1. The number of aromatic nitrogens is 2. The van der Waals surface area contributed by atoms with Crippen LogP contribution in [0.2, 0.25) is 0 Å². The number of thiophene rings is 1. The van der Waals surface area contributed by atoms with Crippen molar-refractivity contribution in [1.29, 1.82) is 0 Å². The number of hydrogen-bond acceptors (Lipinski definition) is 4. The van der Waals surface area contributed by atoms with Crippen LogP contribution in [0.4, 0.5) is 0 Å². The molecule has 0 N–H and O–H groups in total. The fourth-order valence-electron chi connectivity index (χ4n) is 4.28. The van der Waals surface area contributed by atoms with Crippen LogP contribution in [0.5, 0.6) is 0 Å². The minimum absolute atomic E-state index is 0.101. The fraction of sp³-hybridized carbons (Fsp3) is 0.478. The van der Waals surface area contributed by atoms with Crippen LogP contribution in [0.15, 0.2) is 28.4 Å². The summed E-state index contributed by atoms with van der Waals surface area (Å²) in [6.45, 7) is 9.83. The van der Waals surface area contributed by atoms with E-state index in [0.29, 0.717) is 6.54 Å². The molecule has 2 heterocycles. The topological polar surface area (TPSA) is 38.1 Å². The Balaban J connectivity index is 1.76. The second-order valence-corrected chi connectivity index (χ2v) is 8.52. The van der Waals surface area contributed by atoms with Gasteiger partial charge in [0.05, 0.1) is 5.39 Å². The predicted molar refractivity (Wildman–Crippen MR) is 118 cm³/mol.